The van der Waals surface area contributed by atoms with Crippen molar-refractivity contribution in [3.8, 4) is 22.3 Å². The number of hydrogen-bond acceptors (Lipinski definition) is 13. The Balaban J connectivity index is 0.000000346. The minimum atomic E-state index is -1.16. The molecule has 0 saturated carbocycles. The molecule has 9 rings (SSSR count). The van der Waals surface area contributed by atoms with Crippen molar-refractivity contribution in [3.05, 3.63) is 132 Å². The number of esters is 1. The zero-order valence-electron chi connectivity index (χ0n) is 47.6. The summed E-state index contributed by atoms with van der Waals surface area (Å²) in [6, 6.07) is 31.2. The Morgan fingerprint density at radius 1 is 0.671 bits per heavy atom. The summed E-state index contributed by atoms with van der Waals surface area (Å²) in [5.41, 5.74) is 14.0. The van der Waals surface area contributed by atoms with Crippen LogP contribution in [0.5, 0.6) is 0 Å². The monoisotopic (exact) mass is 1160 g/mol. The number of nitrogens with one attached hydrogen (secondary N) is 3. The molecule has 0 bridgehead atoms. The fraction of sp³-hybridized carbons (Fsp3) is 0.508. The normalized spacial score (nSPS) is 25.6. The quantitative estimate of drug-likeness (QED) is 0.0780. The fourth-order valence-corrected chi connectivity index (χ4v) is 9.82. The van der Waals surface area contributed by atoms with Crippen LogP contribution < -0.4 is 21.7 Å². The molecule has 5 aliphatic rings. The van der Waals surface area contributed by atoms with Gasteiger partial charge < -0.3 is 59.9 Å². The Kier molecular flexibility index (Phi) is 25.5. The van der Waals surface area contributed by atoms with E-state index in [0.29, 0.717) is 19.3 Å². The van der Waals surface area contributed by atoms with Crippen LogP contribution in [0.15, 0.2) is 121 Å². The van der Waals surface area contributed by atoms with Gasteiger partial charge in [0.2, 0.25) is 11.8 Å². The number of aryl methyl sites for hydroxylation is 2. The average molecular weight is 1160 g/mol. The summed E-state index contributed by atoms with van der Waals surface area (Å²) >= 11 is 0. The Bertz CT molecular complexity index is 2790. The second-order valence-electron chi connectivity index (χ2n) is 23.5. The first-order valence-corrected chi connectivity index (χ1v) is 26.8. The third kappa shape index (κ3) is 18.6. The summed E-state index contributed by atoms with van der Waals surface area (Å²) in [5, 5.41) is 19.8. The molecule has 0 aromatic heterocycles. The maximum absolute atomic E-state index is 13.4. The maximum Gasteiger partial charge on any atom is 0.338 e. The van der Waals surface area contributed by atoms with Crippen molar-refractivity contribution < 1.29 is 57.4 Å². The third-order valence-electron chi connectivity index (χ3n) is 13.8. The van der Waals surface area contributed by atoms with Gasteiger partial charge in [-0.15, -0.1) is 12.4 Å². The summed E-state index contributed by atoms with van der Waals surface area (Å²) in [6.07, 6.45) is 4.37. The van der Waals surface area contributed by atoms with E-state index in [0.717, 1.165) is 40.0 Å². The summed E-state index contributed by atoms with van der Waals surface area (Å²) < 4.78 is 39.7. The van der Waals surface area contributed by atoms with E-state index in [4.69, 9.17) is 38.9 Å². The van der Waals surface area contributed by atoms with Crippen molar-refractivity contribution >= 4 is 47.5 Å². The van der Waals surface area contributed by atoms with Crippen molar-refractivity contribution in [1.82, 2.24) is 5.32 Å². The van der Waals surface area contributed by atoms with Gasteiger partial charge in [0.15, 0.2) is 29.9 Å². The molecule has 0 radical (unpaired) electrons. The maximum atomic E-state index is 13.4. The van der Waals surface area contributed by atoms with Gasteiger partial charge in [0.05, 0.1) is 6.04 Å². The Morgan fingerprint density at radius 2 is 1.15 bits per heavy atom. The summed E-state index contributed by atoms with van der Waals surface area (Å²) in [5.74, 6) is -3.16. The summed E-state index contributed by atoms with van der Waals surface area (Å²) in [6.45, 7) is 19.6. The number of allylic oxidation sites excluding steroid dienone is 2. The average Bonchev–Trinajstić information content (AvgIpc) is 3.55. The van der Waals surface area contributed by atoms with Crippen LogP contribution in [0.25, 0.3) is 22.3 Å². The molecule has 4 aromatic carbocycles. The van der Waals surface area contributed by atoms with Crippen molar-refractivity contribution in [2.45, 2.75) is 190 Å². The van der Waals surface area contributed by atoms with Gasteiger partial charge in [0.25, 0.3) is 5.91 Å². The molecule has 2 unspecified atom stereocenters. The minimum Gasteiger partial charge on any atom is -0.454 e. The Hall–Kier alpha value is -5.79. The second kappa shape index (κ2) is 29.6. The number of nitrogens with two attached hydrogens (primary N) is 1. The highest BCUT2D eigenvalue weighted by atomic mass is 35.5. The van der Waals surface area contributed by atoms with Crippen LogP contribution >= 0.6 is 12.4 Å². The van der Waals surface area contributed by atoms with E-state index >= 15 is 0 Å². The number of carbonyl (C=O) groups is 4. The molecule has 3 amide bonds. The van der Waals surface area contributed by atoms with Gasteiger partial charge in [-0.25, -0.2) is 4.79 Å². The summed E-state index contributed by atoms with van der Waals surface area (Å²) in [7, 11) is 2.87. The number of aliphatic hydroxyl groups is 1. The van der Waals surface area contributed by atoms with Crippen LogP contribution in [0.1, 0.15) is 115 Å². The lowest BCUT2D eigenvalue weighted by Gasteiger charge is -2.45. The van der Waals surface area contributed by atoms with Crippen LogP contribution in [0.2, 0.25) is 0 Å². The van der Waals surface area contributed by atoms with E-state index in [1.54, 1.807) is 19.9 Å². The van der Waals surface area contributed by atoms with Gasteiger partial charge in [0, 0.05) is 25.6 Å². The van der Waals surface area contributed by atoms with Crippen molar-refractivity contribution in [3.63, 3.8) is 0 Å². The number of anilines is 2. The minimum absolute atomic E-state index is 0. The van der Waals surface area contributed by atoms with Crippen molar-refractivity contribution in [2.75, 3.05) is 24.9 Å². The molecule has 4 aromatic rings. The van der Waals surface area contributed by atoms with Gasteiger partial charge in [-0.1, -0.05) is 161 Å². The van der Waals surface area contributed by atoms with Gasteiger partial charge >= 0.3 is 5.97 Å². The lowest BCUT2D eigenvalue weighted by molar-refractivity contribution is -0.334. The topological polar surface area (TPSA) is 215 Å². The first kappa shape index (κ1) is 70.5. The van der Waals surface area contributed by atoms with Gasteiger partial charge in [0.1, 0.15) is 36.6 Å². The van der Waals surface area contributed by atoms with E-state index in [-0.39, 0.29) is 63.4 Å². The zero-order chi connectivity index (χ0) is 56.7. The smallest absolute Gasteiger partial charge is 0.338 e. The molecule has 3 fully saturated rings. The Labute approximate surface area is 494 Å². The summed E-state index contributed by atoms with van der Waals surface area (Å²) in [4.78, 5) is 50.0. The van der Waals surface area contributed by atoms with E-state index in [1.165, 1.54) is 25.3 Å². The molecule has 0 aliphatic carbocycles. The number of halogens is 1. The molecule has 3 saturated heterocycles. The molecule has 82 heavy (non-hydrogen) atoms. The van der Waals surface area contributed by atoms with Crippen LogP contribution in [0, 0.1) is 10.8 Å². The molecule has 5 aliphatic heterocycles. The highest BCUT2D eigenvalue weighted by Gasteiger charge is 2.55. The molecular formula is C65H93ClN4O12. The number of ether oxygens (including phenoxy) is 7. The standard InChI is InChI=1S/C31H40N2O6.C16H16N2O.C15H24O5.3CH4.ClH/c1-30(2,3)17-16-24-25(34)26(39-31(4,5)38-24)27(37-6)29(36)33-23-15-13-21-18-20(19-10-8-7-9-11-19)12-14-22(21)32-28(23)35;17-14-8-6-13-10-12(11-4-2-1-3-5-11)7-9-15(13)18-16(14)19;1-14(2,3)8-7-9-10-11(20-15(4,5)19-9)12(17-6)13(16)18-10;;;;/h7-12,14,16-18,23-27,34H,13,15H2,1-6H3,(H,32,35)(H,33,36);1-5,7,9-10,14H,6,8,17H2,(H,18,19);7-12H,1-6H3;3*1H4;1H/b17-16+;;8-7+;;;;/t23?,24-,25+,26-,27-;;9-,10+,11-,12-;;;;/m1.1..../s1. The molecule has 6 N–H and O–H groups in total. The van der Waals surface area contributed by atoms with Crippen molar-refractivity contribution in [2.24, 2.45) is 16.6 Å². The molecule has 10 atom stereocenters. The number of carbonyl (C=O) groups excluding carboxylic acids is 4. The molecule has 0 spiro atoms. The number of aliphatic hydroxyl groups excluding tert-OH is 1. The molecule has 16 nitrogen and oxygen atoms in total. The fourth-order valence-electron chi connectivity index (χ4n) is 9.82. The number of hydrogen-bond donors (Lipinski definition) is 5. The highest BCUT2D eigenvalue weighted by molar-refractivity contribution is 5.99. The predicted octanol–water partition coefficient (Wildman–Crippen LogP) is 11.2. The Morgan fingerprint density at radius 3 is 1.65 bits per heavy atom. The number of methoxy groups -OCH3 is 2. The van der Waals surface area contributed by atoms with Gasteiger partial charge in [-0.3, -0.25) is 14.4 Å². The third-order valence-corrected chi connectivity index (χ3v) is 13.8. The molecule has 5 heterocycles. The van der Waals surface area contributed by atoms with Crippen LogP contribution in [-0.4, -0.2) is 116 Å². The number of amides is 3. The molecule has 17 heteroatoms. The second-order valence-corrected chi connectivity index (χ2v) is 23.5. The lowest BCUT2D eigenvalue weighted by atomic mass is 9.93. The van der Waals surface area contributed by atoms with E-state index in [2.05, 4.69) is 67.1 Å². The van der Waals surface area contributed by atoms with E-state index in [1.807, 2.05) is 120 Å². The largest absolute Gasteiger partial charge is 0.454 e. The predicted molar refractivity (Wildman–Crippen MR) is 327 cm³/mol. The van der Waals surface area contributed by atoms with Crippen LogP contribution in [0.4, 0.5) is 11.4 Å². The van der Waals surface area contributed by atoms with Gasteiger partial charge in [-0.2, -0.15) is 0 Å². The van der Waals surface area contributed by atoms with E-state index in [9.17, 15) is 24.3 Å². The van der Waals surface area contributed by atoms with Crippen LogP contribution in [-0.2, 0) is 65.2 Å². The highest BCUT2D eigenvalue weighted by Crippen LogP contribution is 2.38. The molecular weight excluding hydrogens is 1060 g/mol. The number of fused-ring (bicyclic) bond motifs is 3. The van der Waals surface area contributed by atoms with Crippen LogP contribution in [0.3, 0.4) is 0 Å². The van der Waals surface area contributed by atoms with Gasteiger partial charge in [-0.05, 0) is 122 Å². The molecule has 452 valence electrons. The van der Waals surface area contributed by atoms with Crippen molar-refractivity contribution in [1.29, 1.82) is 0 Å². The SMILES string of the molecule is C.C.C.CO[C@@H](C(=O)NC1CCc2cc(-c3ccccc3)ccc2NC1=O)[C@@H]1OC(C)(C)O[C@H](/C=C/C(C)(C)C)[C@@H]1O.CO[C@H]1C(=O)O[C@@H]2[C@H]1OC(C)(C)O[C@@H]2/C=C/C(C)(C)C.Cl.NC1CCc2cc(-c3ccccc3)ccc2NC1=O. The number of benzene rings is 4. The first-order valence-electron chi connectivity index (χ1n) is 26.8. The first-order chi connectivity index (χ1) is 36.7. The zero-order valence-corrected chi connectivity index (χ0v) is 48.4. The lowest BCUT2D eigenvalue weighted by Crippen LogP contribution is -2.61. The number of rotatable bonds is 9. The van der Waals surface area contributed by atoms with E-state index < -0.39 is 78.3 Å².